The third kappa shape index (κ3) is 4.81. The van der Waals surface area contributed by atoms with Crippen molar-refractivity contribution in [3.8, 4) is 11.5 Å². The van der Waals surface area contributed by atoms with Crippen molar-refractivity contribution >= 4 is 34.0 Å². The number of aromatic nitrogens is 3. The van der Waals surface area contributed by atoms with Crippen LogP contribution in [0.15, 0.2) is 65.8 Å². The van der Waals surface area contributed by atoms with Crippen molar-refractivity contribution in [2.45, 2.75) is 13.0 Å². The summed E-state index contributed by atoms with van der Waals surface area (Å²) >= 11 is 5.83. The number of rotatable bonds is 8. The monoisotopic (exact) mass is 454 g/mol. The number of hydrogen-bond donors (Lipinski definition) is 1. The summed E-state index contributed by atoms with van der Waals surface area (Å²) in [6.07, 6.45) is 3.77. The zero-order valence-electron chi connectivity index (χ0n) is 17.2. The van der Waals surface area contributed by atoms with Crippen LogP contribution in [0.2, 0.25) is 5.02 Å². The molecule has 2 heterocycles. The Morgan fingerprint density at radius 2 is 2.00 bits per heavy atom. The van der Waals surface area contributed by atoms with Gasteiger partial charge in [-0.3, -0.25) is 4.79 Å². The molecule has 2 aromatic heterocycles. The number of methoxy groups -OCH3 is 1. The molecule has 0 spiro atoms. The molecule has 0 atom stereocenters. The molecule has 32 heavy (non-hydrogen) atoms. The molecule has 0 amide bonds. The molecule has 7 nitrogen and oxygen atoms in total. The van der Waals surface area contributed by atoms with E-state index < -0.39 is 5.82 Å². The van der Waals surface area contributed by atoms with Crippen molar-refractivity contribution < 1.29 is 13.9 Å². The number of hydrogen-bond acceptors (Lipinski definition) is 6. The van der Waals surface area contributed by atoms with Gasteiger partial charge in [0.05, 0.1) is 24.9 Å². The average Bonchev–Trinajstić information content (AvgIpc) is 2.79. The van der Waals surface area contributed by atoms with Gasteiger partial charge in [-0.2, -0.15) is 0 Å². The molecule has 164 valence electrons. The highest BCUT2D eigenvalue weighted by molar-refractivity contribution is 6.30. The minimum absolute atomic E-state index is 0.0513. The van der Waals surface area contributed by atoms with E-state index in [1.165, 1.54) is 25.6 Å². The first-order valence-electron chi connectivity index (χ1n) is 9.88. The van der Waals surface area contributed by atoms with Gasteiger partial charge in [0.15, 0.2) is 11.5 Å². The lowest BCUT2D eigenvalue weighted by molar-refractivity contribution is 0.282. The lowest BCUT2D eigenvalue weighted by Gasteiger charge is -2.14. The first kappa shape index (κ1) is 21.6. The maximum absolute atomic E-state index is 14.2. The van der Waals surface area contributed by atoms with Gasteiger partial charge in [0.25, 0.3) is 0 Å². The molecule has 0 saturated carbocycles. The number of ether oxygens (including phenoxy) is 2. The summed E-state index contributed by atoms with van der Waals surface area (Å²) in [6.45, 7) is 0.924. The van der Waals surface area contributed by atoms with Crippen molar-refractivity contribution in [3.63, 3.8) is 0 Å². The van der Waals surface area contributed by atoms with Crippen LogP contribution >= 0.6 is 11.6 Å². The van der Waals surface area contributed by atoms with Crippen molar-refractivity contribution in [3.05, 3.63) is 82.2 Å². The highest BCUT2D eigenvalue weighted by Gasteiger charge is 2.13. The fraction of sp³-hybridized carbons (Fsp3) is 0.174. The molecular weight excluding hydrogens is 435 g/mol. The molecule has 4 aromatic rings. The largest absolute Gasteiger partial charge is 0.493 e. The summed E-state index contributed by atoms with van der Waals surface area (Å²) in [7, 11) is 1.54. The highest BCUT2D eigenvalue weighted by Crippen LogP contribution is 2.35. The third-order valence-electron chi connectivity index (χ3n) is 4.80. The summed E-state index contributed by atoms with van der Waals surface area (Å²) in [5.74, 6) is 0.935. The Labute approximate surface area is 188 Å². The normalized spacial score (nSPS) is 10.8. The number of aryl methyl sites for hydroxylation is 1. The van der Waals surface area contributed by atoms with Gasteiger partial charge in [-0.15, -0.1) is 0 Å². The van der Waals surface area contributed by atoms with Gasteiger partial charge < -0.3 is 19.4 Å². The predicted octanol–water partition coefficient (Wildman–Crippen LogP) is 4.81. The second-order valence-electron chi connectivity index (χ2n) is 6.93. The zero-order chi connectivity index (χ0) is 22.5. The van der Waals surface area contributed by atoms with Gasteiger partial charge in [0.2, 0.25) is 5.56 Å². The number of benzene rings is 2. The van der Waals surface area contributed by atoms with Crippen molar-refractivity contribution in [1.29, 1.82) is 0 Å². The Bertz CT molecular complexity index is 1310. The second-order valence-corrected chi connectivity index (χ2v) is 7.36. The maximum Gasteiger partial charge on any atom is 0.250 e. The van der Waals surface area contributed by atoms with Gasteiger partial charge in [0, 0.05) is 35.3 Å². The molecule has 1 N–H and O–H groups in total. The van der Waals surface area contributed by atoms with Crippen molar-refractivity contribution in [2.75, 3.05) is 19.0 Å². The fourth-order valence-corrected chi connectivity index (χ4v) is 3.38. The summed E-state index contributed by atoms with van der Waals surface area (Å²) in [6, 6.07) is 12.9. The number of halogens is 2. The smallest absolute Gasteiger partial charge is 0.250 e. The van der Waals surface area contributed by atoms with E-state index in [0.717, 1.165) is 0 Å². The molecule has 9 heteroatoms. The van der Waals surface area contributed by atoms with Gasteiger partial charge in [-0.25, -0.2) is 14.4 Å². The molecule has 0 unspecified atom stereocenters. The molecule has 0 fully saturated rings. The Kier molecular flexibility index (Phi) is 6.51. The summed E-state index contributed by atoms with van der Waals surface area (Å²) in [4.78, 5) is 20.3. The Hall–Kier alpha value is -3.65. The standard InChI is InChI=1S/C23H20ClFN4O3/c1-31-20-12-16-19(13-21(20)32-10-4-9-29-8-3-2-5-22(29)30)26-14-27-23(16)28-18-7-6-15(24)11-17(18)25/h2-3,5-8,11-14H,4,9-10H2,1H3,(H,26,27,28). The second kappa shape index (κ2) is 9.65. The van der Waals surface area contributed by atoms with Gasteiger partial charge in [0.1, 0.15) is 18.0 Å². The van der Waals surface area contributed by atoms with Crippen molar-refractivity contribution in [1.82, 2.24) is 14.5 Å². The van der Waals surface area contributed by atoms with E-state index in [9.17, 15) is 9.18 Å². The Morgan fingerprint density at radius 1 is 1.12 bits per heavy atom. The van der Waals surface area contributed by atoms with Crippen LogP contribution < -0.4 is 20.3 Å². The highest BCUT2D eigenvalue weighted by atomic mass is 35.5. The number of fused-ring (bicyclic) bond motifs is 1. The van der Waals surface area contributed by atoms with Crippen LogP contribution in [0.3, 0.4) is 0 Å². The van der Waals surface area contributed by atoms with Crippen LogP contribution in [0.5, 0.6) is 11.5 Å². The van der Waals surface area contributed by atoms with E-state index in [2.05, 4.69) is 15.3 Å². The molecule has 0 saturated heterocycles. The number of pyridine rings is 1. The van der Waals surface area contributed by atoms with Crippen LogP contribution in [0.4, 0.5) is 15.9 Å². The minimum atomic E-state index is -0.492. The maximum atomic E-state index is 14.2. The van der Waals surface area contributed by atoms with E-state index in [1.54, 1.807) is 41.1 Å². The molecule has 4 rings (SSSR count). The lowest BCUT2D eigenvalue weighted by Crippen LogP contribution is -2.18. The van der Waals surface area contributed by atoms with E-state index in [1.807, 2.05) is 6.07 Å². The summed E-state index contributed by atoms with van der Waals surface area (Å²) in [5, 5.41) is 3.92. The number of nitrogens with one attached hydrogen (secondary N) is 1. The lowest BCUT2D eigenvalue weighted by atomic mass is 10.2. The average molecular weight is 455 g/mol. The molecule has 0 aliphatic rings. The minimum Gasteiger partial charge on any atom is -0.493 e. The van der Waals surface area contributed by atoms with E-state index in [0.29, 0.717) is 52.8 Å². The summed E-state index contributed by atoms with van der Waals surface area (Å²) in [5.41, 5.74) is 0.793. The Balaban J connectivity index is 1.53. The van der Waals surface area contributed by atoms with Crippen LogP contribution in [-0.4, -0.2) is 28.3 Å². The molecule has 0 bridgehead atoms. The number of nitrogens with zero attached hydrogens (tertiary/aromatic N) is 3. The fourth-order valence-electron chi connectivity index (χ4n) is 3.22. The molecule has 0 aliphatic carbocycles. The van der Waals surface area contributed by atoms with E-state index >= 15 is 0 Å². The number of anilines is 2. The topological polar surface area (TPSA) is 78.3 Å². The van der Waals surface area contributed by atoms with Gasteiger partial charge >= 0.3 is 0 Å². The first-order chi connectivity index (χ1) is 15.5. The molecule has 2 aromatic carbocycles. The Morgan fingerprint density at radius 3 is 2.78 bits per heavy atom. The SMILES string of the molecule is COc1cc2c(Nc3ccc(Cl)cc3F)ncnc2cc1OCCCn1ccccc1=O. The predicted molar refractivity (Wildman–Crippen MR) is 122 cm³/mol. The van der Waals surface area contributed by atoms with E-state index in [-0.39, 0.29) is 11.2 Å². The van der Waals surface area contributed by atoms with Crippen molar-refractivity contribution in [2.24, 2.45) is 0 Å². The van der Waals surface area contributed by atoms with Crippen LogP contribution in [-0.2, 0) is 6.54 Å². The van der Waals surface area contributed by atoms with Gasteiger partial charge in [-0.05, 0) is 36.8 Å². The van der Waals surface area contributed by atoms with Gasteiger partial charge in [-0.1, -0.05) is 17.7 Å². The quantitative estimate of drug-likeness (QED) is 0.385. The van der Waals surface area contributed by atoms with Crippen LogP contribution in [0.1, 0.15) is 6.42 Å². The van der Waals surface area contributed by atoms with Crippen LogP contribution in [0.25, 0.3) is 10.9 Å². The summed E-state index contributed by atoms with van der Waals surface area (Å²) < 4.78 is 27.2. The first-order valence-corrected chi connectivity index (χ1v) is 10.3. The van der Waals surface area contributed by atoms with Crippen LogP contribution in [0, 0.1) is 5.82 Å². The third-order valence-corrected chi connectivity index (χ3v) is 5.04. The van der Waals surface area contributed by atoms with E-state index in [4.69, 9.17) is 21.1 Å². The molecule has 0 radical (unpaired) electrons. The molecule has 0 aliphatic heterocycles. The molecular formula is C23H20ClFN4O3. The zero-order valence-corrected chi connectivity index (χ0v) is 18.0.